The third-order valence-corrected chi connectivity index (χ3v) is 2.86. The lowest BCUT2D eigenvalue weighted by Crippen LogP contribution is -2.33. The molecule has 1 saturated heterocycles. The highest BCUT2D eigenvalue weighted by molar-refractivity contribution is 5.11. The Kier molecular flexibility index (Phi) is 2.86. The molecule has 1 fully saturated rings. The quantitative estimate of drug-likeness (QED) is 0.695. The second kappa shape index (κ2) is 4.11. The maximum absolute atomic E-state index is 6.13. The van der Waals surface area contributed by atoms with Crippen LogP contribution in [0.3, 0.4) is 0 Å². The summed E-state index contributed by atoms with van der Waals surface area (Å²) in [6.07, 6.45) is 5.15. The molecule has 2 aliphatic heterocycles. The van der Waals surface area contributed by atoms with Gasteiger partial charge in [-0.25, -0.2) is 0 Å². The van der Waals surface area contributed by atoms with Crippen molar-refractivity contribution in [1.29, 1.82) is 0 Å². The van der Waals surface area contributed by atoms with Crippen LogP contribution >= 0.6 is 0 Å². The Hall–Kier alpha value is -0.540. The zero-order valence-corrected chi connectivity index (χ0v) is 7.87. The van der Waals surface area contributed by atoms with Gasteiger partial charge in [0.05, 0.1) is 19.5 Å². The van der Waals surface area contributed by atoms with E-state index >= 15 is 0 Å². The van der Waals surface area contributed by atoms with E-state index in [0.717, 1.165) is 39.1 Å². The molecule has 0 aromatic carbocycles. The van der Waals surface area contributed by atoms with Gasteiger partial charge in [0.25, 0.3) is 0 Å². The molecule has 0 aromatic rings. The minimum atomic E-state index is 0.155. The van der Waals surface area contributed by atoms with Gasteiger partial charge < -0.3 is 15.2 Å². The van der Waals surface area contributed by atoms with Crippen LogP contribution < -0.4 is 5.73 Å². The maximum atomic E-state index is 6.13. The van der Waals surface area contributed by atoms with Crippen LogP contribution in [-0.4, -0.2) is 25.9 Å². The largest absolute Gasteiger partial charge is 0.501 e. The number of hydrogen-bond donors (Lipinski definition) is 1. The molecule has 3 nitrogen and oxygen atoms in total. The Bertz CT molecular complexity index is 197. The van der Waals surface area contributed by atoms with Crippen molar-refractivity contribution in [3.8, 4) is 0 Å². The number of nitrogens with two attached hydrogens (primary N) is 1. The standard InChI is InChI=1S/C10H17NO2/c11-10(9-3-5-13-7-9)8-2-1-4-12-6-8/h6,9-10H,1-5,7,11H2. The fourth-order valence-electron chi connectivity index (χ4n) is 1.97. The molecule has 0 bridgehead atoms. The fourth-order valence-corrected chi connectivity index (χ4v) is 1.97. The average Bonchev–Trinajstić information content (AvgIpc) is 2.71. The Labute approximate surface area is 78.9 Å². The lowest BCUT2D eigenvalue weighted by molar-refractivity contribution is 0.179. The fraction of sp³-hybridized carbons (Fsp3) is 0.800. The van der Waals surface area contributed by atoms with Crippen LogP contribution in [0.15, 0.2) is 11.8 Å². The van der Waals surface area contributed by atoms with Crippen molar-refractivity contribution in [3.63, 3.8) is 0 Å². The highest BCUT2D eigenvalue weighted by Crippen LogP contribution is 2.24. The molecule has 2 rings (SSSR count). The van der Waals surface area contributed by atoms with Crippen molar-refractivity contribution in [3.05, 3.63) is 11.8 Å². The van der Waals surface area contributed by atoms with Crippen molar-refractivity contribution in [2.45, 2.75) is 25.3 Å². The first-order valence-electron chi connectivity index (χ1n) is 5.02. The Morgan fingerprint density at radius 1 is 1.46 bits per heavy atom. The van der Waals surface area contributed by atoms with E-state index in [2.05, 4.69) is 0 Å². The van der Waals surface area contributed by atoms with Crippen molar-refractivity contribution >= 4 is 0 Å². The predicted octanol–water partition coefficient (Wildman–Crippen LogP) is 1.04. The molecule has 2 aliphatic rings. The molecule has 2 heterocycles. The highest BCUT2D eigenvalue weighted by Gasteiger charge is 2.26. The van der Waals surface area contributed by atoms with Crippen LogP contribution in [0.2, 0.25) is 0 Å². The van der Waals surface area contributed by atoms with Crippen LogP contribution in [0.4, 0.5) is 0 Å². The summed E-state index contributed by atoms with van der Waals surface area (Å²) in [6, 6.07) is 0.155. The van der Waals surface area contributed by atoms with Crippen LogP contribution in [0, 0.1) is 5.92 Å². The SMILES string of the molecule is NC(C1=COCCC1)C1CCOC1. The average molecular weight is 183 g/mol. The first kappa shape index (κ1) is 9.03. The van der Waals surface area contributed by atoms with Crippen LogP contribution in [0.5, 0.6) is 0 Å². The summed E-state index contributed by atoms with van der Waals surface area (Å²) in [6.45, 7) is 2.53. The van der Waals surface area contributed by atoms with Gasteiger partial charge in [-0.3, -0.25) is 0 Å². The monoisotopic (exact) mass is 183 g/mol. The van der Waals surface area contributed by atoms with Crippen LogP contribution in [0.1, 0.15) is 19.3 Å². The lowest BCUT2D eigenvalue weighted by Gasteiger charge is -2.23. The second-order valence-corrected chi connectivity index (χ2v) is 3.82. The van der Waals surface area contributed by atoms with E-state index in [1.165, 1.54) is 5.57 Å². The molecule has 3 heteroatoms. The third kappa shape index (κ3) is 2.03. The molecule has 0 amide bonds. The van der Waals surface area contributed by atoms with E-state index in [1.54, 1.807) is 0 Å². The van der Waals surface area contributed by atoms with E-state index in [9.17, 15) is 0 Å². The van der Waals surface area contributed by atoms with Crippen LogP contribution in [-0.2, 0) is 9.47 Å². The molecule has 74 valence electrons. The number of ether oxygens (including phenoxy) is 2. The summed E-state index contributed by atoms with van der Waals surface area (Å²) < 4.78 is 10.6. The number of hydrogen-bond acceptors (Lipinski definition) is 3. The topological polar surface area (TPSA) is 44.5 Å². The summed E-state index contributed by atoms with van der Waals surface area (Å²) in [5.74, 6) is 0.507. The summed E-state index contributed by atoms with van der Waals surface area (Å²) in [5.41, 5.74) is 7.39. The highest BCUT2D eigenvalue weighted by atomic mass is 16.5. The molecule has 13 heavy (non-hydrogen) atoms. The third-order valence-electron chi connectivity index (χ3n) is 2.86. The van der Waals surface area contributed by atoms with E-state index in [4.69, 9.17) is 15.2 Å². The molecule has 0 aliphatic carbocycles. The van der Waals surface area contributed by atoms with Gasteiger partial charge in [0.1, 0.15) is 0 Å². The van der Waals surface area contributed by atoms with Gasteiger partial charge >= 0.3 is 0 Å². The number of rotatable bonds is 2. The minimum absolute atomic E-state index is 0.155. The van der Waals surface area contributed by atoms with Gasteiger partial charge in [-0.2, -0.15) is 0 Å². The molecule has 2 unspecified atom stereocenters. The van der Waals surface area contributed by atoms with Crippen LogP contribution in [0.25, 0.3) is 0 Å². The molecule has 0 saturated carbocycles. The molecule has 2 N–H and O–H groups in total. The summed E-state index contributed by atoms with van der Waals surface area (Å²) in [4.78, 5) is 0. The normalized spacial score (nSPS) is 30.8. The van der Waals surface area contributed by atoms with Gasteiger partial charge in [-0.1, -0.05) is 0 Å². The van der Waals surface area contributed by atoms with Crippen molar-refractivity contribution in [2.24, 2.45) is 11.7 Å². The lowest BCUT2D eigenvalue weighted by atomic mass is 9.91. The molecular formula is C10H17NO2. The zero-order valence-electron chi connectivity index (χ0n) is 7.87. The van der Waals surface area contributed by atoms with E-state index < -0.39 is 0 Å². The molecule has 0 aromatic heterocycles. The van der Waals surface area contributed by atoms with Crippen molar-refractivity contribution < 1.29 is 9.47 Å². The molecule has 2 atom stereocenters. The summed E-state index contributed by atoms with van der Waals surface area (Å²) in [5, 5.41) is 0. The van der Waals surface area contributed by atoms with Gasteiger partial charge in [-0.05, 0) is 24.8 Å². The smallest absolute Gasteiger partial charge is 0.0876 e. The van der Waals surface area contributed by atoms with Gasteiger partial charge in [0, 0.05) is 18.6 Å². The van der Waals surface area contributed by atoms with Gasteiger partial charge in [0.2, 0.25) is 0 Å². The minimum Gasteiger partial charge on any atom is -0.501 e. The van der Waals surface area contributed by atoms with E-state index in [-0.39, 0.29) is 6.04 Å². The zero-order chi connectivity index (χ0) is 9.10. The van der Waals surface area contributed by atoms with Crippen molar-refractivity contribution in [1.82, 2.24) is 0 Å². The first-order chi connectivity index (χ1) is 6.38. The maximum Gasteiger partial charge on any atom is 0.0876 e. The van der Waals surface area contributed by atoms with E-state index in [1.807, 2.05) is 6.26 Å². The van der Waals surface area contributed by atoms with E-state index in [0.29, 0.717) is 5.92 Å². The second-order valence-electron chi connectivity index (χ2n) is 3.82. The molecule has 0 spiro atoms. The summed E-state index contributed by atoms with van der Waals surface area (Å²) >= 11 is 0. The predicted molar refractivity (Wildman–Crippen MR) is 50.2 cm³/mol. The Morgan fingerprint density at radius 3 is 3.00 bits per heavy atom. The first-order valence-corrected chi connectivity index (χ1v) is 5.02. The Morgan fingerprint density at radius 2 is 2.38 bits per heavy atom. The molecule has 0 radical (unpaired) electrons. The van der Waals surface area contributed by atoms with Gasteiger partial charge in [0.15, 0.2) is 0 Å². The van der Waals surface area contributed by atoms with Gasteiger partial charge in [-0.15, -0.1) is 0 Å². The summed E-state index contributed by atoms with van der Waals surface area (Å²) in [7, 11) is 0. The van der Waals surface area contributed by atoms with Crippen molar-refractivity contribution in [2.75, 3.05) is 19.8 Å². The molecular weight excluding hydrogens is 166 g/mol. The Balaban J connectivity index is 1.94.